The van der Waals surface area contributed by atoms with Crippen molar-refractivity contribution in [3.05, 3.63) is 33.9 Å². The SMILES string of the molecule is COC(=O)c1cc2c(c3c1CCCC3)C(=O)OC2C. The Morgan fingerprint density at radius 2 is 2.00 bits per heavy atom. The van der Waals surface area contributed by atoms with E-state index in [1.54, 1.807) is 6.07 Å². The Morgan fingerprint density at radius 3 is 2.68 bits per heavy atom. The van der Waals surface area contributed by atoms with Crippen LogP contribution >= 0.6 is 0 Å². The average molecular weight is 260 g/mol. The summed E-state index contributed by atoms with van der Waals surface area (Å²) in [6.45, 7) is 1.83. The summed E-state index contributed by atoms with van der Waals surface area (Å²) in [4.78, 5) is 23.9. The Hall–Kier alpha value is -1.84. The monoisotopic (exact) mass is 260 g/mol. The molecule has 4 nitrogen and oxygen atoms in total. The van der Waals surface area contributed by atoms with Gasteiger partial charge < -0.3 is 9.47 Å². The van der Waals surface area contributed by atoms with E-state index in [2.05, 4.69) is 0 Å². The molecule has 1 aliphatic carbocycles. The smallest absolute Gasteiger partial charge is 0.339 e. The first-order valence-electron chi connectivity index (χ1n) is 6.61. The van der Waals surface area contributed by atoms with Crippen LogP contribution in [-0.2, 0) is 22.3 Å². The van der Waals surface area contributed by atoms with Crippen LogP contribution in [0.2, 0.25) is 0 Å². The third-order valence-corrected chi connectivity index (χ3v) is 4.01. The second-order valence-electron chi connectivity index (χ2n) is 5.09. The molecule has 3 rings (SSSR count). The van der Waals surface area contributed by atoms with Crippen LogP contribution in [0.25, 0.3) is 0 Å². The summed E-state index contributed by atoms with van der Waals surface area (Å²) in [6, 6.07) is 1.78. The van der Waals surface area contributed by atoms with Crippen molar-refractivity contribution in [2.45, 2.75) is 38.7 Å². The van der Waals surface area contributed by atoms with Crippen LogP contribution in [0.4, 0.5) is 0 Å². The normalized spacial score (nSPS) is 20.5. The highest BCUT2D eigenvalue weighted by atomic mass is 16.5. The molecule has 0 amide bonds. The predicted molar refractivity (Wildman–Crippen MR) is 68.3 cm³/mol. The van der Waals surface area contributed by atoms with Gasteiger partial charge in [-0.1, -0.05) is 0 Å². The van der Waals surface area contributed by atoms with Crippen LogP contribution in [0.15, 0.2) is 6.07 Å². The van der Waals surface area contributed by atoms with Crippen molar-refractivity contribution in [3.8, 4) is 0 Å². The first-order chi connectivity index (χ1) is 9.13. The lowest BCUT2D eigenvalue weighted by Crippen LogP contribution is -2.16. The zero-order valence-corrected chi connectivity index (χ0v) is 11.1. The van der Waals surface area contributed by atoms with Gasteiger partial charge in [0.1, 0.15) is 6.10 Å². The summed E-state index contributed by atoms with van der Waals surface area (Å²) in [7, 11) is 1.38. The Labute approximate surface area is 111 Å². The molecule has 1 aromatic carbocycles. The van der Waals surface area contributed by atoms with E-state index in [1.165, 1.54) is 7.11 Å². The van der Waals surface area contributed by atoms with Crippen molar-refractivity contribution < 1.29 is 19.1 Å². The Balaban J connectivity index is 2.27. The van der Waals surface area contributed by atoms with Gasteiger partial charge in [-0.05, 0) is 49.8 Å². The zero-order chi connectivity index (χ0) is 13.6. The van der Waals surface area contributed by atoms with Crippen molar-refractivity contribution in [1.82, 2.24) is 0 Å². The zero-order valence-electron chi connectivity index (χ0n) is 11.1. The lowest BCUT2D eigenvalue weighted by molar-refractivity contribution is 0.0421. The van der Waals surface area contributed by atoms with Crippen LogP contribution < -0.4 is 0 Å². The fourth-order valence-corrected chi connectivity index (χ4v) is 3.10. The quantitative estimate of drug-likeness (QED) is 0.728. The minimum absolute atomic E-state index is 0.253. The topological polar surface area (TPSA) is 52.6 Å². The lowest BCUT2D eigenvalue weighted by Gasteiger charge is -2.21. The van der Waals surface area contributed by atoms with Crippen LogP contribution in [-0.4, -0.2) is 19.0 Å². The number of methoxy groups -OCH3 is 1. The van der Waals surface area contributed by atoms with Gasteiger partial charge in [0.05, 0.1) is 18.2 Å². The molecule has 0 spiro atoms. The molecule has 0 saturated carbocycles. The number of cyclic esters (lactones) is 1. The third kappa shape index (κ3) is 1.74. The summed E-state index contributed by atoms with van der Waals surface area (Å²) in [5.41, 5.74) is 4.09. The molecule has 0 saturated heterocycles. The molecule has 1 aromatic rings. The second kappa shape index (κ2) is 4.37. The molecule has 0 aromatic heterocycles. The number of esters is 2. The molecule has 19 heavy (non-hydrogen) atoms. The molecule has 1 unspecified atom stereocenters. The van der Waals surface area contributed by atoms with Gasteiger partial charge in [-0.3, -0.25) is 0 Å². The average Bonchev–Trinajstić information content (AvgIpc) is 2.72. The highest BCUT2D eigenvalue weighted by molar-refractivity contribution is 6.00. The molecule has 1 aliphatic heterocycles. The molecule has 100 valence electrons. The predicted octanol–water partition coefficient (Wildman–Crippen LogP) is 2.58. The number of ether oxygens (including phenoxy) is 2. The van der Waals surface area contributed by atoms with E-state index in [4.69, 9.17) is 9.47 Å². The van der Waals surface area contributed by atoms with Gasteiger partial charge in [0.25, 0.3) is 0 Å². The van der Waals surface area contributed by atoms with Crippen molar-refractivity contribution in [2.24, 2.45) is 0 Å². The van der Waals surface area contributed by atoms with Gasteiger partial charge in [-0.15, -0.1) is 0 Å². The third-order valence-electron chi connectivity index (χ3n) is 4.01. The van der Waals surface area contributed by atoms with Crippen molar-refractivity contribution in [2.75, 3.05) is 7.11 Å². The number of hydrogen-bond acceptors (Lipinski definition) is 4. The van der Waals surface area contributed by atoms with E-state index in [0.29, 0.717) is 11.1 Å². The number of hydrogen-bond donors (Lipinski definition) is 0. The van der Waals surface area contributed by atoms with Gasteiger partial charge >= 0.3 is 11.9 Å². The number of benzene rings is 1. The Kier molecular flexibility index (Phi) is 2.81. The van der Waals surface area contributed by atoms with Crippen molar-refractivity contribution in [1.29, 1.82) is 0 Å². The first-order valence-corrected chi connectivity index (χ1v) is 6.61. The van der Waals surface area contributed by atoms with Crippen LogP contribution in [0.1, 0.15) is 63.3 Å². The van der Waals surface area contributed by atoms with Gasteiger partial charge in [-0.2, -0.15) is 0 Å². The maximum atomic E-state index is 12.0. The van der Waals surface area contributed by atoms with Gasteiger partial charge in [-0.25, -0.2) is 9.59 Å². The van der Waals surface area contributed by atoms with Gasteiger partial charge in [0, 0.05) is 5.56 Å². The largest absolute Gasteiger partial charge is 0.465 e. The highest BCUT2D eigenvalue weighted by Crippen LogP contribution is 2.38. The standard InChI is InChI=1S/C15H16O4/c1-8-11-7-12(14(16)18-2)9-5-3-4-6-10(9)13(11)15(17)19-8/h7-8H,3-6H2,1-2H3. The number of carbonyl (C=O) groups is 2. The van der Waals surface area contributed by atoms with E-state index in [9.17, 15) is 9.59 Å². The van der Waals surface area contributed by atoms with E-state index in [1.807, 2.05) is 6.92 Å². The molecule has 0 fully saturated rings. The Morgan fingerprint density at radius 1 is 1.32 bits per heavy atom. The fourth-order valence-electron chi connectivity index (χ4n) is 3.10. The molecule has 2 aliphatic rings. The molecular formula is C15H16O4. The first kappa shape index (κ1) is 12.2. The number of carbonyl (C=O) groups excluding carboxylic acids is 2. The van der Waals surface area contributed by atoms with E-state index >= 15 is 0 Å². The summed E-state index contributed by atoms with van der Waals surface area (Å²) in [5.74, 6) is -0.579. The van der Waals surface area contributed by atoms with Crippen LogP contribution in [0.3, 0.4) is 0 Å². The maximum absolute atomic E-state index is 12.0. The fraction of sp³-hybridized carbons (Fsp3) is 0.467. The minimum Gasteiger partial charge on any atom is -0.465 e. The number of rotatable bonds is 1. The van der Waals surface area contributed by atoms with E-state index < -0.39 is 0 Å². The van der Waals surface area contributed by atoms with Crippen molar-refractivity contribution in [3.63, 3.8) is 0 Å². The molecular weight excluding hydrogens is 244 g/mol. The Bertz CT molecular complexity index is 574. The molecule has 1 heterocycles. The lowest BCUT2D eigenvalue weighted by atomic mass is 9.82. The van der Waals surface area contributed by atoms with E-state index in [-0.39, 0.29) is 18.0 Å². The van der Waals surface area contributed by atoms with Gasteiger partial charge in [0.15, 0.2) is 0 Å². The summed E-state index contributed by atoms with van der Waals surface area (Å²) in [6.07, 6.45) is 3.48. The van der Waals surface area contributed by atoms with Crippen molar-refractivity contribution >= 4 is 11.9 Å². The molecule has 1 atom stereocenters. The van der Waals surface area contributed by atoms with Crippen LogP contribution in [0.5, 0.6) is 0 Å². The van der Waals surface area contributed by atoms with Crippen LogP contribution in [0, 0.1) is 0 Å². The summed E-state index contributed by atoms with van der Waals surface area (Å²) >= 11 is 0. The molecule has 0 bridgehead atoms. The highest BCUT2D eigenvalue weighted by Gasteiger charge is 2.35. The summed E-state index contributed by atoms with van der Waals surface area (Å²) < 4.78 is 10.1. The molecule has 4 heteroatoms. The molecule has 0 N–H and O–H groups in total. The second-order valence-corrected chi connectivity index (χ2v) is 5.09. The minimum atomic E-state index is -0.326. The van der Waals surface area contributed by atoms with E-state index in [0.717, 1.165) is 42.4 Å². The summed E-state index contributed by atoms with van der Waals surface area (Å²) in [5, 5.41) is 0. The maximum Gasteiger partial charge on any atom is 0.339 e. The number of fused-ring (bicyclic) bond motifs is 3. The van der Waals surface area contributed by atoms with Gasteiger partial charge in [0.2, 0.25) is 0 Å². The molecule has 0 radical (unpaired) electrons.